The van der Waals surface area contributed by atoms with Crippen molar-refractivity contribution in [1.29, 1.82) is 0 Å². The summed E-state index contributed by atoms with van der Waals surface area (Å²) in [5.74, 6) is -38.7. The highest BCUT2D eigenvalue weighted by atomic mass is 19.4. The third kappa shape index (κ3) is 3.52. The molecule has 0 unspecified atom stereocenters. The van der Waals surface area contributed by atoms with Crippen LogP contribution in [0.5, 0.6) is 0 Å². The van der Waals surface area contributed by atoms with E-state index in [0.29, 0.717) is 12.1 Å². The number of hydrogen-bond donors (Lipinski definition) is 0. The van der Waals surface area contributed by atoms with Gasteiger partial charge in [-0.25, -0.2) is 0 Å². The number of rotatable bonds is 6. The lowest BCUT2D eigenvalue weighted by Crippen LogP contribution is -2.69. The van der Waals surface area contributed by atoms with Crippen LogP contribution in [0.25, 0.3) is 0 Å². The van der Waals surface area contributed by atoms with Crippen molar-refractivity contribution in [3.63, 3.8) is 0 Å². The number of hydrogen-bond acceptors (Lipinski definition) is 2. The van der Waals surface area contributed by atoms with Gasteiger partial charge in [0.05, 0.1) is 13.2 Å². The van der Waals surface area contributed by atoms with Crippen molar-refractivity contribution < 1.29 is 66.5 Å². The van der Waals surface area contributed by atoms with Gasteiger partial charge in [-0.3, -0.25) is 0 Å². The van der Waals surface area contributed by atoms with Gasteiger partial charge in [0.2, 0.25) is 0 Å². The first-order chi connectivity index (χ1) is 13.7. The highest BCUT2D eigenvalue weighted by Gasteiger charge is 2.90. The molecular formula is C16H11F13O2. The predicted molar refractivity (Wildman–Crippen MR) is 75.4 cm³/mol. The average Bonchev–Trinajstić information content (AvgIpc) is 3.08. The summed E-state index contributed by atoms with van der Waals surface area (Å²) in [5.41, 5.74) is -2.15. The average molecular weight is 482 g/mol. The standard InChI is InChI=1S/C16H11F13O2/c1-10(30-6-7-31-10)8-2-4-9(5-3-8)11(17,18)12(19,20)13(21,22)14(23,24)15(25,26)16(27,28)29/h2-5H,6-7H2,1H3. The first-order valence-corrected chi connectivity index (χ1v) is 8.01. The summed E-state index contributed by atoms with van der Waals surface area (Å²) in [7, 11) is 0. The SMILES string of the molecule is CC1(c2ccc(C(F)(F)C(F)(F)C(F)(F)C(F)(F)C(F)(F)C(F)(F)F)cc2)OCCO1. The van der Waals surface area contributed by atoms with Crippen LogP contribution in [0.2, 0.25) is 0 Å². The fourth-order valence-corrected chi connectivity index (χ4v) is 2.61. The predicted octanol–water partition coefficient (Wildman–Crippen LogP) is 6.10. The van der Waals surface area contributed by atoms with Gasteiger partial charge in [-0.05, 0) is 6.92 Å². The Bertz CT molecular complexity index is 793. The zero-order chi connectivity index (χ0) is 24.3. The Kier molecular flexibility index (Phi) is 5.85. The second-order valence-corrected chi connectivity index (χ2v) is 6.59. The lowest BCUT2D eigenvalue weighted by atomic mass is 9.90. The highest BCUT2D eigenvalue weighted by Crippen LogP contribution is 2.62. The largest absolute Gasteiger partial charge is 0.460 e. The second kappa shape index (κ2) is 7.12. The molecule has 2 nitrogen and oxygen atoms in total. The Labute approximate surface area is 164 Å². The Morgan fingerprint density at radius 2 is 1.00 bits per heavy atom. The molecule has 0 saturated carbocycles. The first kappa shape index (κ1) is 25.5. The van der Waals surface area contributed by atoms with Crippen LogP contribution in [-0.2, 0) is 21.2 Å². The van der Waals surface area contributed by atoms with E-state index in [2.05, 4.69) is 0 Å². The summed E-state index contributed by atoms with van der Waals surface area (Å²) in [5, 5.41) is 0. The van der Waals surface area contributed by atoms with Gasteiger partial charge in [0.25, 0.3) is 0 Å². The number of ether oxygens (including phenoxy) is 2. The molecule has 1 aliphatic rings. The van der Waals surface area contributed by atoms with E-state index < -0.39 is 47.1 Å². The summed E-state index contributed by atoms with van der Waals surface area (Å²) in [6.07, 6.45) is -7.44. The summed E-state index contributed by atoms with van der Waals surface area (Å²) < 4.78 is 182. The van der Waals surface area contributed by atoms with E-state index in [-0.39, 0.29) is 30.9 Å². The van der Waals surface area contributed by atoms with Gasteiger partial charge in [0.1, 0.15) is 0 Å². The van der Waals surface area contributed by atoms with Gasteiger partial charge in [-0.15, -0.1) is 0 Å². The zero-order valence-corrected chi connectivity index (χ0v) is 15.0. The minimum atomic E-state index is -7.93. The quantitative estimate of drug-likeness (QED) is 0.457. The van der Waals surface area contributed by atoms with Gasteiger partial charge in [-0.1, -0.05) is 24.3 Å². The molecule has 1 heterocycles. The van der Waals surface area contributed by atoms with Gasteiger partial charge in [-0.2, -0.15) is 57.1 Å². The Hall–Kier alpha value is -1.77. The molecule has 0 aromatic heterocycles. The van der Waals surface area contributed by atoms with E-state index in [1.807, 2.05) is 0 Å². The summed E-state index contributed by atoms with van der Waals surface area (Å²) in [6.45, 7) is 1.36. The van der Waals surface area contributed by atoms with Crippen molar-refractivity contribution >= 4 is 0 Å². The fourth-order valence-electron chi connectivity index (χ4n) is 2.61. The summed E-state index contributed by atoms with van der Waals surface area (Å²) in [6, 6.07) is 1.36. The van der Waals surface area contributed by atoms with E-state index >= 15 is 0 Å². The summed E-state index contributed by atoms with van der Waals surface area (Å²) in [4.78, 5) is 0. The molecule has 178 valence electrons. The molecule has 0 N–H and O–H groups in total. The van der Waals surface area contributed by atoms with Crippen LogP contribution in [0.1, 0.15) is 18.1 Å². The third-order valence-corrected chi connectivity index (χ3v) is 4.54. The molecule has 0 spiro atoms. The molecule has 1 saturated heterocycles. The van der Waals surface area contributed by atoms with Gasteiger partial charge in [0, 0.05) is 11.1 Å². The maximum atomic E-state index is 14.1. The van der Waals surface area contributed by atoms with Crippen molar-refractivity contribution in [1.82, 2.24) is 0 Å². The van der Waals surface area contributed by atoms with Crippen LogP contribution in [0.3, 0.4) is 0 Å². The van der Waals surface area contributed by atoms with Crippen molar-refractivity contribution in [3.8, 4) is 0 Å². The molecule has 0 bridgehead atoms. The minimum absolute atomic E-state index is 0.0429. The van der Waals surface area contributed by atoms with Crippen molar-refractivity contribution in [2.45, 2.75) is 48.5 Å². The van der Waals surface area contributed by atoms with E-state index in [9.17, 15) is 57.1 Å². The number of benzene rings is 1. The number of alkyl halides is 13. The molecule has 1 fully saturated rings. The molecule has 31 heavy (non-hydrogen) atoms. The lowest BCUT2D eigenvalue weighted by Gasteiger charge is -2.39. The van der Waals surface area contributed by atoms with Gasteiger partial charge in [0.15, 0.2) is 5.79 Å². The first-order valence-electron chi connectivity index (χ1n) is 8.01. The van der Waals surface area contributed by atoms with Crippen molar-refractivity contribution in [2.75, 3.05) is 13.2 Å². The molecule has 1 aliphatic heterocycles. The van der Waals surface area contributed by atoms with Crippen LogP contribution < -0.4 is 0 Å². The molecule has 0 aliphatic carbocycles. The Morgan fingerprint density at radius 1 is 0.613 bits per heavy atom. The second-order valence-electron chi connectivity index (χ2n) is 6.59. The maximum Gasteiger partial charge on any atom is 0.460 e. The van der Waals surface area contributed by atoms with Gasteiger partial charge < -0.3 is 9.47 Å². The van der Waals surface area contributed by atoms with Crippen molar-refractivity contribution in [3.05, 3.63) is 35.4 Å². The molecule has 1 aromatic carbocycles. The van der Waals surface area contributed by atoms with Gasteiger partial charge >= 0.3 is 35.8 Å². The van der Waals surface area contributed by atoms with Crippen molar-refractivity contribution in [2.24, 2.45) is 0 Å². The van der Waals surface area contributed by atoms with Crippen LogP contribution in [0.4, 0.5) is 57.1 Å². The Morgan fingerprint density at radius 3 is 1.39 bits per heavy atom. The monoisotopic (exact) mass is 482 g/mol. The molecule has 1 aromatic rings. The van der Waals surface area contributed by atoms with E-state index in [0.717, 1.165) is 0 Å². The fraction of sp³-hybridized carbons (Fsp3) is 0.625. The maximum absolute atomic E-state index is 14.1. The number of halogens is 13. The Balaban J connectivity index is 2.49. The smallest absolute Gasteiger partial charge is 0.344 e. The minimum Gasteiger partial charge on any atom is -0.344 e. The van der Waals surface area contributed by atoms with E-state index in [4.69, 9.17) is 9.47 Å². The van der Waals surface area contributed by atoms with E-state index in [1.54, 1.807) is 0 Å². The molecule has 0 radical (unpaired) electrons. The molecule has 15 heteroatoms. The highest BCUT2D eigenvalue weighted by molar-refractivity contribution is 5.31. The topological polar surface area (TPSA) is 18.5 Å². The molecule has 0 amide bonds. The van der Waals surface area contributed by atoms with Crippen LogP contribution >= 0.6 is 0 Å². The molecule has 0 atom stereocenters. The molecular weight excluding hydrogens is 471 g/mol. The van der Waals surface area contributed by atoms with Crippen LogP contribution in [-0.4, -0.2) is 43.1 Å². The summed E-state index contributed by atoms with van der Waals surface area (Å²) >= 11 is 0. The van der Waals surface area contributed by atoms with E-state index in [1.165, 1.54) is 6.92 Å². The van der Waals surface area contributed by atoms with Crippen LogP contribution in [0, 0.1) is 0 Å². The third-order valence-electron chi connectivity index (χ3n) is 4.54. The molecule has 2 rings (SSSR count). The van der Waals surface area contributed by atoms with Crippen LogP contribution in [0.15, 0.2) is 24.3 Å². The normalized spacial score (nSPS) is 19.0. The zero-order valence-electron chi connectivity index (χ0n) is 15.0. The lowest BCUT2D eigenvalue weighted by molar-refractivity contribution is -0.441.